The van der Waals surface area contributed by atoms with E-state index in [0.717, 1.165) is 0 Å². The summed E-state index contributed by atoms with van der Waals surface area (Å²) < 4.78 is 228. The third-order valence-corrected chi connectivity index (χ3v) is 9.61. The molecule has 0 aromatic heterocycles. The summed E-state index contributed by atoms with van der Waals surface area (Å²) in [6.07, 6.45) is -35.6. The molecule has 4 rings (SSSR count). The van der Waals surface area contributed by atoms with E-state index >= 15 is 0 Å². The molecule has 4 aromatic carbocycles. The van der Waals surface area contributed by atoms with Crippen LogP contribution in [0.15, 0.2) is 98.4 Å². The highest BCUT2D eigenvalue weighted by atomic mass is 32.2. The van der Waals surface area contributed by atoms with Crippen molar-refractivity contribution in [1.82, 2.24) is 0 Å². The van der Waals surface area contributed by atoms with Crippen LogP contribution in [-0.2, 0) is 51.9 Å². The summed E-state index contributed by atoms with van der Waals surface area (Å²) in [5.41, 5.74) is -19.5. The first-order valence-electron chi connectivity index (χ1n) is 13.5. The molecule has 0 aliphatic rings. The van der Waals surface area contributed by atoms with Crippen LogP contribution in [-0.4, -0.2) is 13.0 Å². The van der Waals surface area contributed by atoms with Crippen molar-refractivity contribution in [1.29, 1.82) is 0 Å². The van der Waals surface area contributed by atoms with Crippen LogP contribution in [0.3, 0.4) is 0 Å². The Kier molecular flexibility index (Phi) is 11.6. The second-order valence-electron chi connectivity index (χ2n) is 10.4. The Hall–Kier alpha value is -3.91. The molecule has 0 aliphatic heterocycles. The molecule has 0 fully saturated rings. The minimum atomic E-state index is -7.52. The largest absolute Gasteiger partial charge is 0.744 e. The van der Waals surface area contributed by atoms with Crippen LogP contribution in [0, 0.1) is 13.8 Å². The molecule has 0 aliphatic carbocycles. The Morgan fingerprint density at radius 1 is 0.451 bits per heavy atom. The van der Waals surface area contributed by atoms with Gasteiger partial charge >= 0.3 is 30.9 Å². The molecule has 0 spiro atoms. The monoisotopic (exact) mass is 788 g/mol. The summed E-state index contributed by atoms with van der Waals surface area (Å²) >= 11 is 0. The second kappa shape index (κ2) is 14.3. The number of alkyl halides is 15. The van der Waals surface area contributed by atoms with E-state index in [0.29, 0.717) is 0 Å². The topological polar surface area (TPSA) is 57.2 Å². The molecule has 0 saturated carbocycles. The van der Waals surface area contributed by atoms with Gasteiger partial charge in [-0.15, -0.1) is 0 Å². The second-order valence-corrected chi connectivity index (χ2v) is 13.7. The summed E-state index contributed by atoms with van der Waals surface area (Å²) in [5, 5.41) is 0. The van der Waals surface area contributed by atoms with Gasteiger partial charge in [0.25, 0.3) is 0 Å². The molecule has 20 heteroatoms. The lowest BCUT2D eigenvalue weighted by molar-refractivity contribution is -0.191. The Morgan fingerprint density at radius 3 is 0.980 bits per heavy atom. The molecule has 4 aromatic rings. The number of halogens is 15. The molecule has 0 radical (unpaired) electrons. The number of aryl methyl sites for hydroxylation is 2. The maximum Gasteiger partial charge on any atom is 0.418 e. The van der Waals surface area contributed by atoms with E-state index in [1.54, 1.807) is 0 Å². The van der Waals surface area contributed by atoms with Gasteiger partial charge in [-0.25, -0.2) is 8.42 Å². The van der Waals surface area contributed by atoms with Gasteiger partial charge in [0.15, 0.2) is 14.7 Å². The van der Waals surface area contributed by atoms with E-state index in [2.05, 4.69) is 92.7 Å². The first-order valence-corrected chi connectivity index (χ1v) is 16.1. The summed E-state index contributed by atoms with van der Waals surface area (Å²) in [7, 11) is -7.55. The molecule has 0 atom stereocenters. The average Bonchev–Trinajstić information content (AvgIpc) is 2.94. The molecule has 0 unspecified atom stereocenters. The van der Waals surface area contributed by atoms with Crippen LogP contribution < -0.4 is 0 Å². The van der Waals surface area contributed by atoms with Crippen molar-refractivity contribution in [2.24, 2.45) is 0 Å². The van der Waals surface area contributed by atoms with Crippen LogP contribution in [0.5, 0.6) is 0 Å². The molecule has 278 valence electrons. The molecular formula is C31H19F15O3S2. The predicted octanol–water partition coefficient (Wildman–Crippen LogP) is 11.1. The van der Waals surface area contributed by atoms with Crippen LogP contribution in [0.4, 0.5) is 65.9 Å². The highest BCUT2D eigenvalue weighted by Gasteiger charge is 2.61. The number of rotatable bonds is 4. The molecule has 0 heterocycles. The summed E-state index contributed by atoms with van der Waals surface area (Å²) in [6, 6.07) is 28.5. The zero-order valence-corrected chi connectivity index (χ0v) is 26.8. The number of hydrogen-bond donors (Lipinski definition) is 0. The van der Waals surface area contributed by atoms with E-state index in [-0.39, 0.29) is 10.9 Å². The SMILES string of the molecule is Cc1cc(C)cc([S+](c2ccccc2)c2ccccc2)c1.O=S(=O)([O-])c1c(C(F)(F)F)c(C(F)(F)F)c(C(F)(F)F)c(C(F)(F)F)c1C(F)(F)F. The molecular weight excluding hydrogens is 769 g/mol. The van der Waals surface area contributed by atoms with Crippen LogP contribution in [0.25, 0.3) is 0 Å². The Morgan fingerprint density at radius 2 is 0.725 bits per heavy atom. The highest BCUT2D eigenvalue weighted by Crippen LogP contribution is 2.57. The minimum absolute atomic E-state index is 0.0352. The van der Waals surface area contributed by atoms with Gasteiger partial charge < -0.3 is 4.55 Å². The molecule has 0 amide bonds. The van der Waals surface area contributed by atoms with E-state index in [1.807, 2.05) is 0 Å². The van der Waals surface area contributed by atoms with Gasteiger partial charge in [0.2, 0.25) is 0 Å². The Bertz CT molecular complexity index is 1850. The van der Waals surface area contributed by atoms with Crippen molar-refractivity contribution in [3.05, 3.63) is 118 Å². The van der Waals surface area contributed by atoms with Crippen molar-refractivity contribution in [2.45, 2.75) is 64.3 Å². The van der Waals surface area contributed by atoms with Crippen molar-refractivity contribution in [3.8, 4) is 0 Å². The first-order chi connectivity index (χ1) is 23.0. The lowest BCUT2D eigenvalue weighted by Gasteiger charge is -2.31. The van der Waals surface area contributed by atoms with Crippen molar-refractivity contribution in [2.75, 3.05) is 0 Å². The van der Waals surface area contributed by atoms with Gasteiger partial charge in [-0.2, -0.15) is 65.9 Å². The smallest absolute Gasteiger partial charge is 0.418 e. The summed E-state index contributed by atoms with van der Waals surface area (Å²) in [6.45, 7) is 4.35. The van der Waals surface area contributed by atoms with Crippen LogP contribution in [0.2, 0.25) is 0 Å². The van der Waals surface area contributed by atoms with Gasteiger partial charge in [0.1, 0.15) is 10.1 Å². The zero-order valence-electron chi connectivity index (χ0n) is 25.2. The maximum atomic E-state index is 13.0. The fourth-order valence-electron chi connectivity index (χ4n) is 4.94. The Labute approximate surface area is 281 Å². The average molecular weight is 789 g/mol. The van der Waals surface area contributed by atoms with E-state index in [1.165, 1.54) is 25.8 Å². The third-order valence-electron chi connectivity index (χ3n) is 6.51. The van der Waals surface area contributed by atoms with Gasteiger partial charge in [-0.05, 0) is 61.4 Å². The van der Waals surface area contributed by atoms with Gasteiger partial charge in [0.05, 0.1) is 43.6 Å². The quantitative estimate of drug-likeness (QED) is 0.118. The first kappa shape index (κ1) is 41.5. The fraction of sp³-hybridized carbons (Fsp3) is 0.226. The van der Waals surface area contributed by atoms with Gasteiger partial charge in [-0.3, -0.25) is 0 Å². The molecule has 0 saturated heterocycles. The molecule has 3 nitrogen and oxygen atoms in total. The lowest BCUT2D eigenvalue weighted by atomic mass is 9.89. The Balaban J connectivity index is 0.000000291. The molecule has 51 heavy (non-hydrogen) atoms. The third kappa shape index (κ3) is 9.70. The summed E-state index contributed by atoms with van der Waals surface area (Å²) in [4.78, 5) is -0.0533. The van der Waals surface area contributed by atoms with E-state index in [9.17, 15) is 78.8 Å². The van der Waals surface area contributed by atoms with Crippen molar-refractivity contribution < 1.29 is 78.8 Å². The van der Waals surface area contributed by atoms with E-state index < -0.39 is 73.7 Å². The molecule has 0 N–H and O–H groups in total. The van der Waals surface area contributed by atoms with Crippen molar-refractivity contribution >= 4 is 21.0 Å². The van der Waals surface area contributed by atoms with Crippen molar-refractivity contribution in [3.63, 3.8) is 0 Å². The summed E-state index contributed by atoms with van der Waals surface area (Å²) in [5.74, 6) is 0. The highest BCUT2D eigenvalue weighted by molar-refractivity contribution is 7.97. The lowest BCUT2D eigenvalue weighted by Crippen LogP contribution is -2.34. The van der Waals surface area contributed by atoms with Crippen LogP contribution in [0.1, 0.15) is 38.9 Å². The standard InChI is InChI=1S/C20H19S.C11HF15O3S/c1-16-13-17(2)15-20(14-16)21(18-9-5-3-6-10-18)19-11-7-4-8-12-19;12-7(13,14)1-2(8(15,16)17)4(10(21,22)23)6(30(27,28)29)5(11(24,25)26)3(1)9(18,19)20/h3-15H,1-2H3;(H,27,28,29)/q+1;/p-1. The zero-order chi connectivity index (χ0) is 39.1. The van der Waals surface area contributed by atoms with Gasteiger partial charge in [-0.1, -0.05) is 42.5 Å². The normalized spacial score (nSPS) is 13.2. The number of benzene rings is 4. The number of hydrogen-bond acceptors (Lipinski definition) is 3. The molecule has 0 bridgehead atoms. The van der Waals surface area contributed by atoms with Crippen LogP contribution >= 0.6 is 0 Å². The fourth-order valence-corrected chi connectivity index (χ4v) is 8.16. The maximum absolute atomic E-state index is 13.0. The van der Waals surface area contributed by atoms with E-state index in [4.69, 9.17) is 0 Å². The predicted molar refractivity (Wildman–Crippen MR) is 150 cm³/mol. The minimum Gasteiger partial charge on any atom is -0.744 e. The van der Waals surface area contributed by atoms with Gasteiger partial charge in [0, 0.05) is 0 Å².